The largest absolute Gasteiger partial charge is 0.450 e. The van der Waals surface area contributed by atoms with Crippen LogP contribution in [-0.4, -0.2) is 70.6 Å². The molecule has 9 nitrogen and oxygen atoms in total. The molecule has 168 valence electrons. The van der Waals surface area contributed by atoms with Crippen LogP contribution in [0.1, 0.15) is 44.0 Å². The number of hydrogen-bond acceptors (Lipinski definition) is 6. The monoisotopic (exact) mass is 440 g/mol. The van der Waals surface area contributed by atoms with E-state index in [-0.39, 0.29) is 30.5 Å². The lowest BCUT2D eigenvalue weighted by atomic mass is 10.1. The fourth-order valence-electron chi connectivity index (χ4n) is 3.42. The summed E-state index contributed by atoms with van der Waals surface area (Å²) in [5.41, 5.74) is 1.04. The molecular formula is C20H32N4O5S. The summed E-state index contributed by atoms with van der Waals surface area (Å²) in [6.07, 6.45) is 1.52. The zero-order valence-electron chi connectivity index (χ0n) is 17.9. The van der Waals surface area contributed by atoms with Crippen molar-refractivity contribution in [2.45, 2.75) is 38.5 Å². The average Bonchev–Trinajstić information content (AvgIpc) is 3.26. The lowest BCUT2D eigenvalue weighted by Crippen LogP contribution is -2.36. The van der Waals surface area contributed by atoms with Crippen molar-refractivity contribution in [1.29, 1.82) is 0 Å². The maximum atomic E-state index is 12.9. The number of ether oxygens (including phenoxy) is 1. The van der Waals surface area contributed by atoms with Crippen LogP contribution in [0.2, 0.25) is 0 Å². The van der Waals surface area contributed by atoms with E-state index in [0.717, 1.165) is 31.6 Å². The highest BCUT2D eigenvalue weighted by Crippen LogP contribution is 2.28. The number of sulfonamides is 1. The minimum atomic E-state index is -3.68. The van der Waals surface area contributed by atoms with Crippen molar-refractivity contribution in [2.75, 3.05) is 50.8 Å². The molecule has 0 atom stereocenters. The van der Waals surface area contributed by atoms with Crippen molar-refractivity contribution >= 4 is 27.7 Å². The summed E-state index contributed by atoms with van der Waals surface area (Å²) < 4.78 is 32.0. The topological polar surface area (TPSA) is 108 Å². The number of alkyl carbamates (subject to hydrolysis) is 1. The molecule has 2 N–H and O–H groups in total. The Morgan fingerprint density at radius 3 is 2.30 bits per heavy atom. The van der Waals surface area contributed by atoms with Gasteiger partial charge in [-0.3, -0.25) is 4.79 Å². The van der Waals surface area contributed by atoms with Crippen LogP contribution in [0.5, 0.6) is 0 Å². The Morgan fingerprint density at radius 2 is 1.70 bits per heavy atom. The van der Waals surface area contributed by atoms with Crippen LogP contribution in [0.15, 0.2) is 23.1 Å². The van der Waals surface area contributed by atoms with Crippen molar-refractivity contribution < 1.29 is 22.7 Å². The van der Waals surface area contributed by atoms with Crippen LogP contribution in [0.25, 0.3) is 0 Å². The highest BCUT2D eigenvalue weighted by molar-refractivity contribution is 7.89. The van der Waals surface area contributed by atoms with Crippen molar-refractivity contribution in [3.8, 4) is 0 Å². The maximum absolute atomic E-state index is 12.9. The molecule has 1 fully saturated rings. The maximum Gasteiger partial charge on any atom is 0.407 e. The Bertz CT molecular complexity index is 834. The minimum Gasteiger partial charge on any atom is -0.450 e. The van der Waals surface area contributed by atoms with Crippen LogP contribution in [0, 0.1) is 0 Å². The lowest BCUT2D eigenvalue weighted by molar-refractivity contribution is 0.0952. The fraction of sp³-hybridized carbons (Fsp3) is 0.600. The van der Waals surface area contributed by atoms with Crippen molar-refractivity contribution in [1.82, 2.24) is 14.9 Å². The van der Waals surface area contributed by atoms with E-state index < -0.39 is 16.1 Å². The number of nitrogens with zero attached hydrogens (tertiary/aromatic N) is 2. The lowest BCUT2D eigenvalue weighted by Gasteiger charge is -2.23. The molecule has 2 rings (SSSR count). The van der Waals surface area contributed by atoms with E-state index in [0.29, 0.717) is 18.7 Å². The van der Waals surface area contributed by atoms with E-state index in [9.17, 15) is 18.0 Å². The highest BCUT2D eigenvalue weighted by atomic mass is 32.2. The van der Waals surface area contributed by atoms with Gasteiger partial charge in [-0.15, -0.1) is 0 Å². The van der Waals surface area contributed by atoms with Gasteiger partial charge < -0.3 is 20.3 Å². The first-order valence-electron chi connectivity index (χ1n) is 10.4. The van der Waals surface area contributed by atoms with Crippen molar-refractivity contribution in [2.24, 2.45) is 0 Å². The van der Waals surface area contributed by atoms with Gasteiger partial charge >= 0.3 is 6.09 Å². The summed E-state index contributed by atoms with van der Waals surface area (Å²) in [6, 6.07) is 4.74. The van der Waals surface area contributed by atoms with Crippen molar-refractivity contribution in [3.05, 3.63) is 23.8 Å². The van der Waals surface area contributed by atoms with Crippen LogP contribution >= 0.6 is 0 Å². The van der Waals surface area contributed by atoms with E-state index in [2.05, 4.69) is 15.5 Å². The number of carbonyl (C=O) groups excluding carboxylic acids is 2. The number of benzene rings is 1. The number of amides is 2. The molecule has 0 aromatic heterocycles. The third-order valence-corrected chi connectivity index (χ3v) is 7.00. The summed E-state index contributed by atoms with van der Waals surface area (Å²) in [5, 5.41) is 5.29. The number of carbonyl (C=O) groups is 2. The molecule has 1 aliphatic rings. The Hall–Kier alpha value is -2.33. The Balaban J connectivity index is 2.23. The molecule has 1 heterocycles. The van der Waals surface area contributed by atoms with E-state index in [1.54, 1.807) is 32.9 Å². The van der Waals surface area contributed by atoms with Crippen LogP contribution in [0.3, 0.4) is 0 Å². The summed E-state index contributed by atoms with van der Waals surface area (Å²) in [5.74, 6) is -0.376. The third kappa shape index (κ3) is 5.85. The van der Waals surface area contributed by atoms with E-state index in [1.165, 1.54) is 10.4 Å². The first-order valence-corrected chi connectivity index (χ1v) is 11.9. The molecule has 1 aliphatic heterocycles. The Kier molecular flexibility index (Phi) is 8.91. The van der Waals surface area contributed by atoms with Gasteiger partial charge in [-0.25, -0.2) is 13.2 Å². The average molecular weight is 441 g/mol. The molecule has 0 unspecified atom stereocenters. The van der Waals surface area contributed by atoms with E-state index >= 15 is 0 Å². The van der Waals surface area contributed by atoms with Gasteiger partial charge in [-0.2, -0.15) is 4.31 Å². The normalized spacial score (nSPS) is 14.1. The molecule has 1 saturated heterocycles. The Morgan fingerprint density at radius 1 is 1.07 bits per heavy atom. The molecule has 0 saturated carbocycles. The van der Waals surface area contributed by atoms with Crippen LogP contribution in [-0.2, 0) is 14.8 Å². The van der Waals surface area contributed by atoms with E-state index in [1.807, 2.05) is 0 Å². The van der Waals surface area contributed by atoms with Gasteiger partial charge in [0.2, 0.25) is 10.0 Å². The van der Waals surface area contributed by atoms with Gasteiger partial charge in [-0.1, -0.05) is 13.8 Å². The highest BCUT2D eigenvalue weighted by Gasteiger charge is 2.26. The van der Waals surface area contributed by atoms with Gasteiger partial charge in [0.05, 0.1) is 17.1 Å². The first-order chi connectivity index (χ1) is 14.3. The molecular weight excluding hydrogens is 408 g/mol. The molecule has 1 aromatic carbocycles. The fourth-order valence-corrected chi connectivity index (χ4v) is 4.91. The van der Waals surface area contributed by atoms with Gasteiger partial charge in [-0.05, 0) is 38.0 Å². The number of anilines is 1. The summed E-state index contributed by atoms with van der Waals surface area (Å²) in [6.45, 7) is 8.31. The second-order valence-corrected chi connectivity index (χ2v) is 8.80. The number of hydrogen-bond donors (Lipinski definition) is 2. The minimum absolute atomic E-state index is 0.101. The van der Waals surface area contributed by atoms with E-state index in [4.69, 9.17) is 4.74 Å². The van der Waals surface area contributed by atoms with Gasteiger partial charge in [0.1, 0.15) is 0 Å². The third-order valence-electron chi connectivity index (χ3n) is 4.96. The number of nitrogens with one attached hydrogen (secondary N) is 2. The smallest absolute Gasteiger partial charge is 0.407 e. The predicted octanol–water partition coefficient (Wildman–Crippen LogP) is 1.79. The molecule has 0 bridgehead atoms. The molecule has 0 radical (unpaired) electrons. The molecule has 1 aromatic rings. The van der Waals surface area contributed by atoms with Crippen molar-refractivity contribution in [3.63, 3.8) is 0 Å². The van der Waals surface area contributed by atoms with Gasteiger partial charge in [0, 0.05) is 45.0 Å². The van der Waals surface area contributed by atoms with Gasteiger partial charge in [0.25, 0.3) is 5.91 Å². The standard InChI is InChI=1S/C20H32N4O5S/c1-4-24(5-2)30(27,28)16-9-10-18(23-13-7-8-14-23)17(15-16)19(25)21-11-12-22-20(26)29-6-3/h9-10,15H,4-8,11-14H2,1-3H3,(H,21,25)(H,22,26). The Labute approximate surface area is 178 Å². The summed E-state index contributed by atoms with van der Waals surface area (Å²) in [7, 11) is -3.68. The van der Waals surface area contributed by atoms with Crippen LogP contribution < -0.4 is 15.5 Å². The second-order valence-electron chi connectivity index (χ2n) is 6.87. The predicted molar refractivity (Wildman–Crippen MR) is 115 cm³/mol. The first kappa shape index (κ1) is 23.9. The summed E-state index contributed by atoms with van der Waals surface area (Å²) in [4.78, 5) is 26.4. The summed E-state index contributed by atoms with van der Waals surface area (Å²) >= 11 is 0. The molecule has 2 amide bonds. The second kappa shape index (κ2) is 11.2. The SMILES string of the molecule is CCOC(=O)NCCNC(=O)c1cc(S(=O)(=O)N(CC)CC)ccc1N1CCCC1. The van der Waals surface area contributed by atoms with Crippen LogP contribution in [0.4, 0.5) is 10.5 Å². The molecule has 30 heavy (non-hydrogen) atoms. The number of rotatable bonds is 10. The zero-order chi connectivity index (χ0) is 22.1. The molecule has 10 heteroatoms. The zero-order valence-corrected chi connectivity index (χ0v) is 18.8. The quantitative estimate of drug-likeness (QED) is 0.537. The molecule has 0 aliphatic carbocycles. The van der Waals surface area contributed by atoms with Gasteiger partial charge in [0.15, 0.2) is 0 Å². The molecule has 0 spiro atoms.